The average molecular weight is 415 g/mol. The second-order valence-electron chi connectivity index (χ2n) is 7.01. The lowest BCUT2D eigenvalue weighted by molar-refractivity contribution is 0.114. The molecule has 0 saturated carbocycles. The first-order chi connectivity index (χ1) is 13.6. The molecule has 0 radical (unpaired) electrons. The second-order valence-corrected chi connectivity index (χ2v) is 8.51. The lowest BCUT2D eigenvalue weighted by Crippen LogP contribution is -2.52. The molecule has 1 atom stereocenters. The molecule has 0 unspecified atom stereocenters. The highest BCUT2D eigenvalue weighted by molar-refractivity contribution is 7.18. The van der Waals surface area contributed by atoms with Crippen LogP contribution in [0.5, 0.6) is 0 Å². The van der Waals surface area contributed by atoms with Gasteiger partial charge in [-0.1, -0.05) is 35.9 Å². The zero-order valence-electron chi connectivity index (χ0n) is 15.8. The van der Waals surface area contributed by atoms with Crippen LogP contribution >= 0.6 is 22.9 Å². The molecular formula is C21H23ClN4OS. The Hall–Kier alpha value is -2.15. The van der Waals surface area contributed by atoms with Crippen LogP contribution in [0.4, 0.5) is 4.79 Å². The van der Waals surface area contributed by atoms with E-state index >= 15 is 0 Å². The maximum absolute atomic E-state index is 12.5. The third-order valence-electron chi connectivity index (χ3n) is 5.15. The molecule has 5 nitrogen and oxygen atoms in total. The van der Waals surface area contributed by atoms with E-state index in [1.807, 2.05) is 35.2 Å². The Bertz CT molecular complexity index is 935. The summed E-state index contributed by atoms with van der Waals surface area (Å²) in [6.45, 7) is 5.82. The van der Waals surface area contributed by atoms with Gasteiger partial charge in [0.05, 0.1) is 16.3 Å². The first-order valence-electron chi connectivity index (χ1n) is 9.47. The molecule has 1 aromatic heterocycles. The molecule has 2 amide bonds. The number of hydrogen-bond donors (Lipinski definition) is 1. The van der Waals surface area contributed by atoms with Gasteiger partial charge in [0, 0.05) is 37.7 Å². The van der Waals surface area contributed by atoms with Crippen molar-refractivity contribution in [3.63, 3.8) is 0 Å². The average Bonchev–Trinajstić information content (AvgIpc) is 3.16. The van der Waals surface area contributed by atoms with Crippen LogP contribution in [0.25, 0.3) is 10.2 Å². The number of thiazole rings is 1. The van der Waals surface area contributed by atoms with Crippen LogP contribution < -0.4 is 5.32 Å². The van der Waals surface area contributed by atoms with Crippen molar-refractivity contribution < 1.29 is 4.79 Å². The zero-order valence-corrected chi connectivity index (χ0v) is 17.3. The molecule has 4 rings (SSSR count). The molecule has 28 heavy (non-hydrogen) atoms. The number of nitrogens with zero attached hydrogens (tertiary/aromatic N) is 3. The molecule has 1 saturated heterocycles. The Morgan fingerprint density at radius 1 is 1.18 bits per heavy atom. The van der Waals surface area contributed by atoms with Gasteiger partial charge in [-0.15, -0.1) is 11.3 Å². The summed E-state index contributed by atoms with van der Waals surface area (Å²) in [4.78, 5) is 21.5. The Kier molecular flexibility index (Phi) is 5.80. The van der Waals surface area contributed by atoms with Gasteiger partial charge in [-0.2, -0.15) is 0 Å². The predicted molar refractivity (Wildman–Crippen MR) is 115 cm³/mol. The summed E-state index contributed by atoms with van der Waals surface area (Å²) in [6, 6.07) is 16.1. The number of aromatic nitrogens is 1. The molecule has 146 valence electrons. The molecule has 0 bridgehead atoms. The number of piperazine rings is 1. The summed E-state index contributed by atoms with van der Waals surface area (Å²) in [7, 11) is 0. The molecule has 2 heterocycles. The number of carbonyl (C=O) groups is 1. The predicted octanol–water partition coefficient (Wildman–Crippen LogP) is 4.54. The number of fused-ring (bicyclic) bond motifs is 1. The second kappa shape index (κ2) is 8.47. The Balaban J connectivity index is 1.30. The highest BCUT2D eigenvalue weighted by Crippen LogP contribution is 2.29. The van der Waals surface area contributed by atoms with E-state index in [1.165, 1.54) is 4.70 Å². The van der Waals surface area contributed by atoms with E-state index in [2.05, 4.69) is 35.3 Å². The summed E-state index contributed by atoms with van der Waals surface area (Å²) in [5.41, 5.74) is 2.07. The van der Waals surface area contributed by atoms with Gasteiger partial charge in [0.25, 0.3) is 0 Å². The molecular weight excluding hydrogens is 392 g/mol. The molecule has 1 N–H and O–H groups in total. The first kappa shape index (κ1) is 19.2. The van der Waals surface area contributed by atoms with Crippen molar-refractivity contribution in [1.82, 2.24) is 20.1 Å². The third kappa shape index (κ3) is 4.29. The van der Waals surface area contributed by atoms with Gasteiger partial charge in [0.2, 0.25) is 0 Å². The van der Waals surface area contributed by atoms with Gasteiger partial charge in [0.1, 0.15) is 5.01 Å². The van der Waals surface area contributed by atoms with E-state index in [-0.39, 0.29) is 12.1 Å². The molecule has 2 aromatic carbocycles. The Morgan fingerprint density at radius 2 is 1.96 bits per heavy atom. The molecule has 7 heteroatoms. The van der Waals surface area contributed by atoms with Crippen LogP contribution in [0.2, 0.25) is 5.02 Å². The van der Waals surface area contributed by atoms with Crippen LogP contribution in [0.3, 0.4) is 0 Å². The fourth-order valence-electron chi connectivity index (χ4n) is 3.47. The molecule has 0 spiro atoms. The van der Waals surface area contributed by atoms with Crippen LogP contribution in [0.1, 0.15) is 23.5 Å². The topological polar surface area (TPSA) is 48.5 Å². The van der Waals surface area contributed by atoms with E-state index in [0.717, 1.165) is 42.3 Å². The smallest absolute Gasteiger partial charge is 0.317 e. The van der Waals surface area contributed by atoms with E-state index in [4.69, 9.17) is 16.6 Å². The lowest BCUT2D eigenvalue weighted by atomic mass is 10.2. The van der Waals surface area contributed by atoms with Crippen molar-refractivity contribution in [3.05, 3.63) is 64.1 Å². The molecule has 3 aromatic rings. The largest absolute Gasteiger partial charge is 0.334 e. The van der Waals surface area contributed by atoms with Gasteiger partial charge >= 0.3 is 6.03 Å². The maximum atomic E-state index is 12.5. The SMILES string of the molecule is C[C@@H](c1nc2ccccc2s1)N1CCN(C(=O)NCc2cccc(Cl)c2)CC1. The van der Waals surface area contributed by atoms with E-state index < -0.39 is 0 Å². The van der Waals surface area contributed by atoms with Crippen molar-refractivity contribution in [1.29, 1.82) is 0 Å². The number of amides is 2. The van der Waals surface area contributed by atoms with Crippen LogP contribution in [0.15, 0.2) is 48.5 Å². The Morgan fingerprint density at radius 3 is 2.71 bits per heavy atom. The number of carbonyl (C=O) groups excluding carboxylic acids is 1. The summed E-state index contributed by atoms with van der Waals surface area (Å²) in [6.07, 6.45) is 0. The van der Waals surface area contributed by atoms with Gasteiger partial charge in [-0.05, 0) is 36.8 Å². The number of para-hydroxylation sites is 1. The van der Waals surface area contributed by atoms with Crippen LogP contribution in [0, 0.1) is 0 Å². The number of urea groups is 1. The number of hydrogen-bond acceptors (Lipinski definition) is 4. The summed E-state index contributed by atoms with van der Waals surface area (Å²) >= 11 is 7.75. The number of halogens is 1. The minimum absolute atomic E-state index is 0.0211. The van der Waals surface area contributed by atoms with Crippen molar-refractivity contribution in [2.45, 2.75) is 19.5 Å². The molecule has 0 aliphatic carbocycles. The van der Waals surface area contributed by atoms with Crippen LogP contribution in [-0.2, 0) is 6.54 Å². The first-order valence-corrected chi connectivity index (χ1v) is 10.7. The summed E-state index contributed by atoms with van der Waals surface area (Å²) in [5.74, 6) is 0. The van der Waals surface area contributed by atoms with Crippen molar-refractivity contribution in [2.75, 3.05) is 26.2 Å². The highest BCUT2D eigenvalue weighted by Gasteiger charge is 2.26. The fraction of sp³-hybridized carbons (Fsp3) is 0.333. The minimum atomic E-state index is -0.0211. The standard InChI is InChI=1S/C21H23ClN4OS/c1-15(20-24-18-7-2-3-8-19(18)28-20)25-9-11-26(12-10-25)21(27)23-14-16-5-4-6-17(22)13-16/h2-8,13,15H,9-12,14H2,1H3,(H,23,27)/t15-/m0/s1. The maximum Gasteiger partial charge on any atom is 0.317 e. The number of rotatable bonds is 4. The molecule has 1 aliphatic rings. The summed E-state index contributed by atoms with van der Waals surface area (Å²) in [5, 5.41) is 4.81. The van der Waals surface area contributed by atoms with Crippen molar-refractivity contribution in [2.24, 2.45) is 0 Å². The van der Waals surface area contributed by atoms with Crippen molar-refractivity contribution in [3.8, 4) is 0 Å². The Labute approximate surface area is 173 Å². The van der Waals surface area contributed by atoms with E-state index in [9.17, 15) is 4.79 Å². The van der Waals surface area contributed by atoms with Gasteiger partial charge in [-0.25, -0.2) is 9.78 Å². The lowest BCUT2D eigenvalue weighted by Gasteiger charge is -2.37. The van der Waals surface area contributed by atoms with Crippen LogP contribution in [-0.4, -0.2) is 47.0 Å². The number of nitrogens with one attached hydrogen (secondary N) is 1. The zero-order chi connectivity index (χ0) is 19.5. The fourth-order valence-corrected chi connectivity index (χ4v) is 4.74. The van der Waals surface area contributed by atoms with E-state index in [1.54, 1.807) is 11.3 Å². The third-order valence-corrected chi connectivity index (χ3v) is 6.59. The quantitative estimate of drug-likeness (QED) is 0.681. The van der Waals surface area contributed by atoms with Gasteiger partial charge in [-0.3, -0.25) is 4.90 Å². The van der Waals surface area contributed by atoms with E-state index in [0.29, 0.717) is 11.6 Å². The van der Waals surface area contributed by atoms with Crippen molar-refractivity contribution >= 4 is 39.2 Å². The molecule has 1 aliphatic heterocycles. The monoisotopic (exact) mass is 414 g/mol. The van der Waals surface area contributed by atoms with Gasteiger partial charge in [0.15, 0.2) is 0 Å². The highest BCUT2D eigenvalue weighted by atomic mass is 35.5. The van der Waals surface area contributed by atoms with Gasteiger partial charge < -0.3 is 10.2 Å². The normalized spacial score (nSPS) is 16.3. The number of benzene rings is 2. The minimum Gasteiger partial charge on any atom is -0.334 e. The summed E-state index contributed by atoms with van der Waals surface area (Å²) < 4.78 is 1.23. The molecule has 1 fully saturated rings.